The van der Waals surface area contributed by atoms with Crippen LogP contribution in [0.25, 0.3) is 0 Å². The number of benzene rings is 2. The maximum atomic E-state index is 13.2. The van der Waals surface area contributed by atoms with Crippen molar-refractivity contribution in [2.75, 3.05) is 32.0 Å². The molecule has 2 aromatic carbocycles. The van der Waals surface area contributed by atoms with E-state index in [9.17, 15) is 9.18 Å². The Hall–Kier alpha value is -2.67. The standard InChI is InChI=1S/C18H20ClFN2O4/c1-10(18(23)22-11-5-6-14(20)13(19)7-11)21-12-8-15(24-2)17(26-4)16(9-12)25-3/h5-10,21H,1-4H3,(H,22,23). The van der Waals surface area contributed by atoms with E-state index in [4.69, 9.17) is 25.8 Å². The smallest absolute Gasteiger partial charge is 0.246 e. The van der Waals surface area contributed by atoms with Crippen LogP contribution in [0.3, 0.4) is 0 Å². The number of methoxy groups -OCH3 is 3. The molecule has 0 bridgehead atoms. The first-order valence-electron chi connectivity index (χ1n) is 7.72. The van der Waals surface area contributed by atoms with E-state index < -0.39 is 11.9 Å². The Bertz CT molecular complexity index is 776. The van der Waals surface area contributed by atoms with Crippen LogP contribution in [0.15, 0.2) is 30.3 Å². The third-order valence-electron chi connectivity index (χ3n) is 3.63. The predicted molar refractivity (Wildman–Crippen MR) is 99.2 cm³/mol. The molecule has 0 saturated carbocycles. The molecule has 0 aliphatic rings. The van der Waals surface area contributed by atoms with Crippen molar-refractivity contribution in [3.63, 3.8) is 0 Å². The van der Waals surface area contributed by atoms with Crippen LogP contribution in [0.2, 0.25) is 5.02 Å². The summed E-state index contributed by atoms with van der Waals surface area (Å²) in [6.45, 7) is 1.68. The van der Waals surface area contributed by atoms with Gasteiger partial charge >= 0.3 is 0 Å². The molecule has 1 atom stereocenters. The number of anilines is 2. The van der Waals surface area contributed by atoms with Crippen LogP contribution in [0.4, 0.5) is 15.8 Å². The number of hydrogen-bond acceptors (Lipinski definition) is 5. The van der Waals surface area contributed by atoms with Crippen LogP contribution in [-0.4, -0.2) is 33.3 Å². The van der Waals surface area contributed by atoms with Gasteiger partial charge in [-0.25, -0.2) is 4.39 Å². The van der Waals surface area contributed by atoms with E-state index >= 15 is 0 Å². The van der Waals surface area contributed by atoms with E-state index in [0.29, 0.717) is 28.6 Å². The average molecular weight is 383 g/mol. The highest BCUT2D eigenvalue weighted by atomic mass is 35.5. The molecule has 0 aliphatic carbocycles. The first-order valence-corrected chi connectivity index (χ1v) is 8.09. The number of ether oxygens (including phenoxy) is 3. The fourth-order valence-electron chi connectivity index (χ4n) is 2.30. The van der Waals surface area contributed by atoms with Crippen molar-refractivity contribution < 1.29 is 23.4 Å². The zero-order chi connectivity index (χ0) is 19.3. The molecule has 0 heterocycles. The fraction of sp³-hybridized carbons (Fsp3) is 0.278. The van der Waals surface area contributed by atoms with Gasteiger partial charge in [0.05, 0.1) is 26.4 Å². The van der Waals surface area contributed by atoms with Crippen molar-refractivity contribution in [2.45, 2.75) is 13.0 Å². The predicted octanol–water partition coefficient (Wildman–Crippen LogP) is 3.94. The lowest BCUT2D eigenvalue weighted by Crippen LogP contribution is -2.31. The van der Waals surface area contributed by atoms with Crippen molar-refractivity contribution in [1.29, 1.82) is 0 Å². The van der Waals surface area contributed by atoms with Gasteiger partial charge in [-0.15, -0.1) is 0 Å². The second kappa shape index (κ2) is 8.62. The molecule has 1 unspecified atom stereocenters. The second-order valence-corrected chi connectivity index (χ2v) is 5.81. The monoisotopic (exact) mass is 382 g/mol. The molecule has 0 fully saturated rings. The molecule has 0 aliphatic heterocycles. The molecule has 0 saturated heterocycles. The maximum absolute atomic E-state index is 13.2. The summed E-state index contributed by atoms with van der Waals surface area (Å²) in [7, 11) is 4.53. The molecule has 2 N–H and O–H groups in total. The third-order valence-corrected chi connectivity index (χ3v) is 3.92. The molecule has 140 valence electrons. The highest BCUT2D eigenvalue weighted by Crippen LogP contribution is 2.40. The summed E-state index contributed by atoms with van der Waals surface area (Å²) in [4.78, 5) is 12.3. The molecular weight excluding hydrogens is 363 g/mol. The van der Waals surface area contributed by atoms with Crippen molar-refractivity contribution >= 4 is 28.9 Å². The van der Waals surface area contributed by atoms with Gasteiger partial charge < -0.3 is 24.8 Å². The van der Waals surface area contributed by atoms with Crippen LogP contribution in [0, 0.1) is 5.82 Å². The van der Waals surface area contributed by atoms with Crippen molar-refractivity contribution in [2.24, 2.45) is 0 Å². The van der Waals surface area contributed by atoms with E-state index in [2.05, 4.69) is 10.6 Å². The molecule has 0 spiro atoms. The Balaban J connectivity index is 2.14. The zero-order valence-corrected chi connectivity index (χ0v) is 15.6. The lowest BCUT2D eigenvalue weighted by molar-refractivity contribution is -0.116. The van der Waals surface area contributed by atoms with E-state index in [1.165, 1.54) is 39.5 Å². The van der Waals surface area contributed by atoms with E-state index in [-0.39, 0.29) is 10.9 Å². The van der Waals surface area contributed by atoms with Gasteiger partial charge in [-0.1, -0.05) is 11.6 Å². The Morgan fingerprint density at radius 2 is 1.65 bits per heavy atom. The molecule has 26 heavy (non-hydrogen) atoms. The topological polar surface area (TPSA) is 68.8 Å². The van der Waals surface area contributed by atoms with Crippen LogP contribution in [0.1, 0.15) is 6.92 Å². The summed E-state index contributed by atoms with van der Waals surface area (Å²) >= 11 is 5.72. The Kier molecular flexibility index (Phi) is 6.52. The molecule has 6 nitrogen and oxygen atoms in total. The number of amides is 1. The lowest BCUT2D eigenvalue weighted by Gasteiger charge is -2.18. The van der Waals surface area contributed by atoms with E-state index in [1.54, 1.807) is 19.1 Å². The number of rotatable bonds is 7. The number of halogens is 2. The molecular formula is C18H20ClFN2O4. The summed E-state index contributed by atoms with van der Waals surface area (Å²) in [6, 6.07) is 6.77. The quantitative estimate of drug-likeness (QED) is 0.759. The summed E-state index contributed by atoms with van der Waals surface area (Å²) in [5, 5.41) is 5.66. The SMILES string of the molecule is COc1cc(NC(C)C(=O)Nc2ccc(F)c(Cl)c2)cc(OC)c1OC. The number of nitrogens with one attached hydrogen (secondary N) is 2. The summed E-state index contributed by atoms with van der Waals surface area (Å²) in [5.74, 6) is 0.521. The summed E-state index contributed by atoms with van der Waals surface area (Å²) in [6.07, 6.45) is 0. The summed E-state index contributed by atoms with van der Waals surface area (Å²) in [5.41, 5.74) is 1.01. The highest BCUT2D eigenvalue weighted by Gasteiger charge is 2.17. The first-order chi connectivity index (χ1) is 12.4. The Morgan fingerprint density at radius 3 is 2.15 bits per heavy atom. The van der Waals surface area contributed by atoms with Gasteiger partial charge in [0, 0.05) is 23.5 Å². The second-order valence-electron chi connectivity index (χ2n) is 5.40. The minimum absolute atomic E-state index is 0.0620. The molecule has 2 aromatic rings. The highest BCUT2D eigenvalue weighted by molar-refractivity contribution is 6.31. The molecule has 1 amide bonds. The maximum Gasteiger partial charge on any atom is 0.246 e. The number of hydrogen-bond donors (Lipinski definition) is 2. The van der Waals surface area contributed by atoms with Crippen LogP contribution in [-0.2, 0) is 4.79 Å². The zero-order valence-electron chi connectivity index (χ0n) is 14.9. The fourth-order valence-corrected chi connectivity index (χ4v) is 2.48. The first kappa shape index (κ1) is 19.7. The minimum atomic E-state index is -0.596. The normalized spacial score (nSPS) is 11.5. The van der Waals surface area contributed by atoms with Crippen molar-refractivity contribution in [3.8, 4) is 17.2 Å². The largest absolute Gasteiger partial charge is 0.493 e. The van der Waals surface area contributed by atoms with Crippen LogP contribution in [0.5, 0.6) is 17.2 Å². The van der Waals surface area contributed by atoms with Gasteiger partial charge in [0.15, 0.2) is 11.5 Å². The van der Waals surface area contributed by atoms with Gasteiger partial charge in [-0.2, -0.15) is 0 Å². The number of carbonyl (C=O) groups excluding carboxylic acids is 1. The Labute approximate surface area is 156 Å². The van der Waals surface area contributed by atoms with Gasteiger partial charge in [-0.3, -0.25) is 4.79 Å². The average Bonchev–Trinajstić information content (AvgIpc) is 2.63. The molecule has 8 heteroatoms. The van der Waals surface area contributed by atoms with Crippen molar-refractivity contribution in [3.05, 3.63) is 41.2 Å². The molecule has 0 aromatic heterocycles. The molecule has 0 radical (unpaired) electrons. The third kappa shape index (κ3) is 4.49. The van der Waals surface area contributed by atoms with Crippen LogP contribution >= 0.6 is 11.6 Å². The van der Waals surface area contributed by atoms with Gasteiger partial charge in [0.1, 0.15) is 11.9 Å². The van der Waals surface area contributed by atoms with E-state index in [0.717, 1.165) is 0 Å². The minimum Gasteiger partial charge on any atom is -0.493 e. The number of carbonyl (C=O) groups is 1. The van der Waals surface area contributed by atoms with E-state index in [1.807, 2.05) is 0 Å². The van der Waals surface area contributed by atoms with Crippen LogP contribution < -0.4 is 24.8 Å². The Morgan fingerprint density at radius 1 is 1.04 bits per heavy atom. The lowest BCUT2D eigenvalue weighted by atomic mass is 10.2. The molecule has 2 rings (SSSR count). The van der Waals surface area contributed by atoms with Gasteiger partial charge in [0.2, 0.25) is 11.7 Å². The van der Waals surface area contributed by atoms with Crippen molar-refractivity contribution in [1.82, 2.24) is 0 Å². The van der Waals surface area contributed by atoms with Gasteiger partial charge in [-0.05, 0) is 25.1 Å². The van der Waals surface area contributed by atoms with Gasteiger partial charge in [0.25, 0.3) is 0 Å². The summed E-state index contributed by atoms with van der Waals surface area (Å²) < 4.78 is 29.0.